The lowest BCUT2D eigenvalue weighted by Gasteiger charge is -2.27. The number of nitrogens with one attached hydrogen (secondary N) is 2. The molecule has 0 radical (unpaired) electrons. The van der Waals surface area contributed by atoms with Crippen molar-refractivity contribution in [2.24, 2.45) is 5.92 Å². The minimum atomic E-state index is -3.69. The Morgan fingerprint density at radius 1 is 0.902 bits per heavy atom. The predicted octanol–water partition coefficient (Wildman–Crippen LogP) is 7.79. The van der Waals surface area contributed by atoms with E-state index in [1.807, 2.05) is 6.92 Å². The molecule has 0 fully saturated rings. The number of anilines is 3. The second-order valence-electron chi connectivity index (χ2n) is 15.3. The maximum Gasteiger partial charge on any atom is 0.424 e. The molecule has 0 saturated heterocycles. The molecule has 2 heterocycles. The van der Waals surface area contributed by atoms with Crippen LogP contribution in [0.15, 0.2) is 90.0 Å². The van der Waals surface area contributed by atoms with Gasteiger partial charge in [-0.05, 0) is 93.3 Å². The van der Waals surface area contributed by atoms with Crippen molar-refractivity contribution in [1.82, 2.24) is 19.9 Å². The third-order valence-corrected chi connectivity index (χ3v) is 10.6. The lowest BCUT2D eigenvalue weighted by Crippen LogP contribution is -2.48. The summed E-state index contributed by atoms with van der Waals surface area (Å²) in [5.41, 5.74) is 2.16. The number of aromatic nitrogens is 3. The van der Waals surface area contributed by atoms with E-state index in [0.29, 0.717) is 28.9 Å². The topological polar surface area (TPSA) is 197 Å². The number of amides is 3. The van der Waals surface area contributed by atoms with Crippen LogP contribution >= 0.6 is 0 Å². The Bertz CT molecular complexity index is 2510. The first-order chi connectivity index (χ1) is 28.7. The number of pyridine rings is 1. The van der Waals surface area contributed by atoms with Crippen LogP contribution in [0.5, 0.6) is 5.75 Å². The lowest BCUT2D eigenvalue weighted by atomic mass is 9.99. The molecule has 0 aliphatic carbocycles. The van der Waals surface area contributed by atoms with Crippen molar-refractivity contribution >= 4 is 56.9 Å². The summed E-state index contributed by atoms with van der Waals surface area (Å²) in [6.45, 7) is 11.7. The Morgan fingerprint density at radius 3 is 2.16 bits per heavy atom. The number of hydrogen-bond acceptors (Lipinski definition) is 12. The number of hydrogen-bond donors (Lipinski definition) is 2. The Kier molecular flexibility index (Phi) is 14.0. The zero-order valence-electron chi connectivity index (χ0n) is 35.3. The van der Waals surface area contributed by atoms with Crippen LogP contribution in [0.4, 0.5) is 31.3 Å². The Balaban J connectivity index is 1.41. The minimum Gasteiger partial charge on any atom is -0.495 e. The first-order valence-corrected chi connectivity index (χ1v) is 21.2. The van der Waals surface area contributed by atoms with E-state index in [1.54, 1.807) is 89.3 Å². The molecule has 4 unspecified atom stereocenters. The fraction of sp³-hybridized carbons (Fsp3) is 0.349. The lowest BCUT2D eigenvalue weighted by molar-refractivity contribution is -0.168. The molecular formula is C43H49FN6O10S. The summed E-state index contributed by atoms with van der Waals surface area (Å²) in [5.74, 6) is -2.68. The van der Waals surface area contributed by atoms with Crippen molar-refractivity contribution in [2.75, 3.05) is 23.6 Å². The Morgan fingerprint density at radius 2 is 1.56 bits per heavy atom. The molecule has 324 valence electrons. The fourth-order valence-electron chi connectivity index (χ4n) is 5.96. The van der Waals surface area contributed by atoms with E-state index in [1.165, 1.54) is 48.9 Å². The van der Waals surface area contributed by atoms with Gasteiger partial charge in [-0.15, -0.1) is 5.10 Å². The quantitative estimate of drug-likeness (QED) is 0.0813. The first-order valence-electron chi connectivity index (χ1n) is 19.3. The maximum atomic E-state index is 14.1. The minimum absolute atomic E-state index is 0.00464. The molecule has 4 atom stereocenters. The molecular weight excluding hydrogens is 812 g/mol. The van der Waals surface area contributed by atoms with Gasteiger partial charge in [-0.3, -0.25) is 4.79 Å². The van der Waals surface area contributed by atoms with Crippen LogP contribution < -0.4 is 20.3 Å². The zero-order chi connectivity index (χ0) is 44.8. The summed E-state index contributed by atoms with van der Waals surface area (Å²) >= 11 is 0. The number of methoxy groups -OCH3 is 1. The van der Waals surface area contributed by atoms with Gasteiger partial charge in [-0.25, -0.2) is 36.6 Å². The van der Waals surface area contributed by atoms with Crippen molar-refractivity contribution in [3.05, 3.63) is 96.4 Å². The molecule has 0 spiro atoms. The van der Waals surface area contributed by atoms with Crippen LogP contribution in [-0.2, 0) is 33.6 Å². The van der Waals surface area contributed by atoms with E-state index in [9.17, 15) is 32.0 Å². The van der Waals surface area contributed by atoms with Gasteiger partial charge in [0.2, 0.25) is 12.2 Å². The van der Waals surface area contributed by atoms with E-state index in [0.717, 1.165) is 16.7 Å². The number of alkyl carbamates (subject to hydrolysis) is 1. The van der Waals surface area contributed by atoms with Gasteiger partial charge >= 0.3 is 18.2 Å². The number of carbonyl (C=O) groups excluding carboxylic acids is 4. The van der Waals surface area contributed by atoms with Gasteiger partial charge in [0.15, 0.2) is 15.5 Å². The van der Waals surface area contributed by atoms with Crippen LogP contribution in [0.3, 0.4) is 0 Å². The Hall–Kier alpha value is -6.56. The second-order valence-corrected chi connectivity index (χ2v) is 17.3. The van der Waals surface area contributed by atoms with Crippen molar-refractivity contribution in [1.29, 1.82) is 0 Å². The molecule has 18 heteroatoms. The van der Waals surface area contributed by atoms with E-state index in [-0.39, 0.29) is 39.9 Å². The number of nitrogens with zero attached hydrogens (tertiary/aromatic N) is 4. The molecule has 5 aromatic rings. The number of carbonyl (C=O) groups is 4. The normalized spacial score (nSPS) is 13.6. The highest BCUT2D eigenvalue weighted by molar-refractivity contribution is 7.90. The van der Waals surface area contributed by atoms with E-state index >= 15 is 0 Å². The smallest absolute Gasteiger partial charge is 0.424 e. The largest absolute Gasteiger partial charge is 0.495 e. The number of sulfone groups is 1. The van der Waals surface area contributed by atoms with Gasteiger partial charge in [0.1, 0.15) is 23.2 Å². The highest BCUT2D eigenvalue weighted by Gasteiger charge is 2.34. The number of ether oxygens (including phenoxy) is 4. The highest BCUT2D eigenvalue weighted by Crippen LogP contribution is 2.36. The van der Waals surface area contributed by atoms with Crippen molar-refractivity contribution in [2.45, 2.75) is 83.6 Å². The standard InChI is InChI=1S/C43H49FN6O10S/c1-10-25(2)37(47-41(53)60-43(5,6)7)39(52)58-27(4)59-42(54)50(34-21-20-33(61(9,55)56)23-35(34)57-8)40-46-36-22-15-30(24-49(36)48-40)29-13-18-32(19-14-29)45-38(51)26(3)28-11-16-31(44)17-12-28/h11-27,37H,10H2,1-9H3,(H,45,51)(H,47,53). The molecule has 5 rings (SSSR count). The van der Waals surface area contributed by atoms with E-state index in [4.69, 9.17) is 18.9 Å². The van der Waals surface area contributed by atoms with Gasteiger partial charge in [0.25, 0.3) is 5.95 Å². The summed E-state index contributed by atoms with van der Waals surface area (Å²) in [7, 11) is -2.40. The molecule has 16 nitrogen and oxygen atoms in total. The van der Waals surface area contributed by atoms with Crippen LogP contribution in [0.1, 0.15) is 66.4 Å². The van der Waals surface area contributed by atoms with Gasteiger partial charge in [-0.2, -0.15) is 4.98 Å². The molecule has 0 aliphatic rings. The summed E-state index contributed by atoms with van der Waals surface area (Å²) in [6, 6.07) is 19.0. The van der Waals surface area contributed by atoms with Crippen LogP contribution in [-0.4, -0.2) is 78.4 Å². The molecule has 2 N–H and O–H groups in total. The first kappa shape index (κ1) is 45.5. The summed E-state index contributed by atoms with van der Waals surface area (Å²) < 4.78 is 61.6. The number of fused-ring (bicyclic) bond motifs is 1. The van der Waals surface area contributed by atoms with Crippen molar-refractivity contribution in [3.63, 3.8) is 0 Å². The average Bonchev–Trinajstić information content (AvgIpc) is 3.61. The monoisotopic (exact) mass is 860 g/mol. The average molecular weight is 861 g/mol. The SMILES string of the molecule is CCC(C)C(NC(=O)OC(C)(C)C)C(=O)OC(C)OC(=O)N(c1nc2ccc(-c3ccc(NC(=O)C(C)c4ccc(F)cc4)cc3)cn2n1)c1ccc(S(C)(=O)=O)cc1OC. The van der Waals surface area contributed by atoms with E-state index in [2.05, 4.69) is 20.7 Å². The fourth-order valence-corrected chi connectivity index (χ4v) is 6.59. The number of halogens is 1. The summed E-state index contributed by atoms with van der Waals surface area (Å²) in [4.78, 5) is 58.4. The van der Waals surface area contributed by atoms with Crippen LogP contribution in [0.25, 0.3) is 16.8 Å². The summed E-state index contributed by atoms with van der Waals surface area (Å²) in [5, 5.41) is 9.97. The van der Waals surface area contributed by atoms with Gasteiger partial charge in [-0.1, -0.05) is 44.5 Å². The zero-order valence-corrected chi connectivity index (χ0v) is 36.1. The molecule has 61 heavy (non-hydrogen) atoms. The predicted molar refractivity (Wildman–Crippen MR) is 225 cm³/mol. The van der Waals surface area contributed by atoms with Crippen molar-refractivity contribution in [3.8, 4) is 16.9 Å². The number of benzene rings is 3. The van der Waals surface area contributed by atoms with Crippen molar-refractivity contribution < 1.29 is 50.9 Å². The highest BCUT2D eigenvalue weighted by atomic mass is 32.2. The van der Waals surface area contributed by atoms with Gasteiger partial charge < -0.3 is 29.6 Å². The summed E-state index contributed by atoms with van der Waals surface area (Å²) in [6.07, 6.45) is -0.265. The molecule has 3 amide bonds. The Labute approximate surface area is 353 Å². The number of esters is 1. The van der Waals surface area contributed by atoms with Crippen LogP contribution in [0.2, 0.25) is 0 Å². The van der Waals surface area contributed by atoms with E-state index < -0.39 is 51.8 Å². The molecule has 3 aromatic carbocycles. The van der Waals surface area contributed by atoms with Crippen LogP contribution in [0, 0.1) is 11.7 Å². The third-order valence-electron chi connectivity index (χ3n) is 9.46. The molecule has 2 aromatic heterocycles. The second kappa shape index (κ2) is 18.8. The molecule has 0 bridgehead atoms. The van der Waals surface area contributed by atoms with Gasteiger partial charge in [0, 0.05) is 36.7 Å². The third kappa shape index (κ3) is 11.6. The molecule has 0 saturated carbocycles. The maximum absolute atomic E-state index is 14.1. The van der Waals surface area contributed by atoms with Gasteiger partial charge in [0.05, 0.1) is 23.6 Å². The number of rotatable bonds is 14. The molecule has 0 aliphatic heterocycles.